The Balaban J connectivity index is 1.29. The Bertz CT molecular complexity index is 720. The van der Waals surface area contributed by atoms with Gasteiger partial charge in [0.05, 0.1) is 0 Å². The van der Waals surface area contributed by atoms with Crippen LogP contribution in [0.4, 0.5) is 4.79 Å². The molecule has 1 saturated heterocycles. The number of rotatable bonds is 6. The topological polar surface area (TPSA) is 90.5 Å². The van der Waals surface area contributed by atoms with Gasteiger partial charge in [0, 0.05) is 43.7 Å². The second-order valence-corrected chi connectivity index (χ2v) is 8.46. The van der Waals surface area contributed by atoms with Crippen LogP contribution in [0.15, 0.2) is 24.3 Å². The summed E-state index contributed by atoms with van der Waals surface area (Å²) in [5, 5.41) is 8.57. The smallest absolute Gasteiger partial charge is 0.315 e. The molecule has 3 rings (SSSR count). The highest BCUT2D eigenvalue weighted by atomic mass is 16.2. The number of nitrogens with one attached hydrogen (secondary N) is 3. The van der Waals surface area contributed by atoms with E-state index in [2.05, 4.69) is 16.0 Å². The fourth-order valence-corrected chi connectivity index (χ4v) is 4.25. The van der Waals surface area contributed by atoms with E-state index in [4.69, 9.17) is 0 Å². The van der Waals surface area contributed by atoms with E-state index < -0.39 is 0 Å². The summed E-state index contributed by atoms with van der Waals surface area (Å²) in [6.45, 7) is 4.14. The summed E-state index contributed by atoms with van der Waals surface area (Å²) < 4.78 is 0. The molecule has 30 heavy (non-hydrogen) atoms. The van der Waals surface area contributed by atoms with Crippen molar-refractivity contribution in [3.8, 4) is 0 Å². The van der Waals surface area contributed by atoms with Crippen molar-refractivity contribution in [2.45, 2.75) is 57.9 Å². The fraction of sp³-hybridized carbons (Fsp3) is 0.609. The molecule has 1 aromatic rings. The minimum atomic E-state index is -0.225. The normalized spacial score (nSPS) is 18.0. The van der Waals surface area contributed by atoms with Crippen LogP contribution in [0, 0.1) is 12.8 Å². The van der Waals surface area contributed by atoms with Gasteiger partial charge >= 0.3 is 6.03 Å². The second-order valence-electron chi connectivity index (χ2n) is 8.46. The standard InChI is InChI=1S/C23H34N4O3/c1-17-7-9-18(10-8-17)21(28)24-13-14-25-23(30)26-20-11-15-27(16-12-20)22(29)19-5-3-2-4-6-19/h7-10,19-20H,2-6,11-16H2,1H3,(H,24,28)(H2,25,26,30). The molecule has 1 aromatic carbocycles. The lowest BCUT2D eigenvalue weighted by Crippen LogP contribution is -2.50. The van der Waals surface area contributed by atoms with E-state index in [1.807, 2.05) is 24.0 Å². The lowest BCUT2D eigenvalue weighted by atomic mass is 9.87. The Morgan fingerprint density at radius 3 is 2.20 bits per heavy atom. The number of aryl methyl sites for hydroxylation is 1. The van der Waals surface area contributed by atoms with Gasteiger partial charge in [-0.05, 0) is 44.7 Å². The Kier molecular flexibility index (Phi) is 8.11. The molecule has 0 bridgehead atoms. The van der Waals surface area contributed by atoms with E-state index in [-0.39, 0.29) is 23.9 Å². The molecular weight excluding hydrogens is 380 g/mol. The molecule has 0 radical (unpaired) electrons. The molecule has 1 heterocycles. The van der Waals surface area contributed by atoms with Crippen molar-refractivity contribution in [3.63, 3.8) is 0 Å². The predicted octanol–water partition coefficient (Wildman–Crippen LogP) is 2.60. The van der Waals surface area contributed by atoms with E-state index in [1.165, 1.54) is 19.3 Å². The molecule has 164 valence electrons. The van der Waals surface area contributed by atoms with Crippen LogP contribution in [0.2, 0.25) is 0 Å². The highest BCUT2D eigenvalue weighted by Crippen LogP contribution is 2.26. The summed E-state index contributed by atoms with van der Waals surface area (Å²) in [4.78, 5) is 38.8. The number of piperidine rings is 1. The minimum Gasteiger partial charge on any atom is -0.350 e. The first-order valence-corrected chi connectivity index (χ1v) is 11.2. The van der Waals surface area contributed by atoms with Gasteiger partial charge in [-0.1, -0.05) is 37.0 Å². The number of carbonyl (C=O) groups is 3. The molecule has 0 spiro atoms. The Labute approximate surface area is 179 Å². The molecule has 0 atom stereocenters. The zero-order valence-corrected chi connectivity index (χ0v) is 17.9. The molecular formula is C23H34N4O3. The minimum absolute atomic E-state index is 0.0857. The maximum Gasteiger partial charge on any atom is 0.315 e. The second kappa shape index (κ2) is 11.0. The third-order valence-electron chi connectivity index (χ3n) is 6.11. The first kappa shape index (κ1) is 22.1. The van der Waals surface area contributed by atoms with Crippen molar-refractivity contribution in [2.75, 3.05) is 26.2 Å². The van der Waals surface area contributed by atoms with Crippen molar-refractivity contribution in [2.24, 2.45) is 5.92 Å². The van der Waals surface area contributed by atoms with Crippen LogP contribution in [-0.2, 0) is 4.79 Å². The van der Waals surface area contributed by atoms with Crippen LogP contribution >= 0.6 is 0 Å². The molecule has 4 amide bonds. The van der Waals surface area contributed by atoms with Crippen molar-refractivity contribution < 1.29 is 14.4 Å². The highest BCUT2D eigenvalue weighted by Gasteiger charge is 2.29. The maximum atomic E-state index is 12.6. The van der Waals surface area contributed by atoms with Gasteiger partial charge in [-0.15, -0.1) is 0 Å². The van der Waals surface area contributed by atoms with Gasteiger partial charge in [0.2, 0.25) is 5.91 Å². The lowest BCUT2D eigenvalue weighted by Gasteiger charge is -2.35. The van der Waals surface area contributed by atoms with Gasteiger partial charge in [0.15, 0.2) is 0 Å². The van der Waals surface area contributed by atoms with Crippen LogP contribution in [0.5, 0.6) is 0 Å². The van der Waals surface area contributed by atoms with Crippen LogP contribution in [0.25, 0.3) is 0 Å². The van der Waals surface area contributed by atoms with Gasteiger partial charge < -0.3 is 20.9 Å². The number of likely N-dealkylation sites (tertiary alicyclic amines) is 1. The summed E-state index contributed by atoms with van der Waals surface area (Å²) in [5.41, 5.74) is 1.72. The average molecular weight is 415 g/mol. The number of urea groups is 1. The maximum absolute atomic E-state index is 12.6. The van der Waals surface area contributed by atoms with Crippen LogP contribution in [0.3, 0.4) is 0 Å². The van der Waals surface area contributed by atoms with E-state index in [9.17, 15) is 14.4 Å². The molecule has 1 aliphatic heterocycles. The quantitative estimate of drug-likeness (QED) is 0.625. The number of benzene rings is 1. The summed E-state index contributed by atoms with van der Waals surface area (Å²) in [6, 6.07) is 7.23. The Morgan fingerprint density at radius 1 is 0.900 bits per heavy atom. The number of carbonyl (C=O) groups excluding carboxylic acids is 3. The summed E-state index contributed by atoms with van der Waals surface area (Å²) in [5.74, 6) is 0.371. The third-order valence-corrected chi connectivity index (χ3v) is 6.11. The number of nitrogens with zero attached hydrogens (tertiary/aromatic N) is 1. The van der Waals surface area contributed by atoms with Gasteiger partial charge in [-0.2, -0.15) is 0 Å². The van der Waals surface area contributed by atoms with Gasteiger partial charge in [-0.3, -0.25) is 9.59 Å². The van der Waals surface area contributed by atoms with Crippen LogP contribution < -0.4 is 16.0 Å². The monoisotopic (exact) mass is 414 g/mol. The molecule has 0 aromatic heterocycles. The van der Waals surface area contributed by atoms with Gasteiger partial charge in [-0.25, -0.2) is 4.79 Å². The molecule has 0 unspecified atom stereocenters. The molecule has 1 aliphatic carbocycles. The Morgan fingerprint density at radius 2 is 1.53 bits per heavy atom. The van der Waals surface area contributed by atoms with E-state index in [1.54, 1.807) is 12.1 Å². The molecule has 3 N–H and O–H groups in total. The number of hydrogen-bond acceptors (Lipinski definition) is 3. The Hall–Kier alpha value is -2.57. The van der Waals surface area contributed by atoms with Gasteiger partial charge in [0.1, 0.15) is 0 Å². The first-order valence-electron chi connectivity index (χ1n) is 11.2. The van der Waals surface area contributed by atoms with Crippen LogP contribution in [-0.4, -0.2) is 55.0 Å². The molecule has 2 aliphatic rings. The van der Waals surface area contributed by atoms with Crippen molar-refractivity contribution in [1.29, 1.82) is 0 Å². The third kappa shape index (κ3) is 6.47. The number of hydrogen-bond donors (Lipinski definition) is 3. The molecule has 1 saturated carbocycles. The highest BCUT2D eigenvalue weighted by molar-refractivity contribution is 5.94. The summed E-state index contributed by atoms with van der Waals surface area (Å²) >= 11 is 0. The lowest BCUT2D eigenvalue weighted by molar-refractivity contribution is -0.137. The van der Waals surface area contributed by atoms with Crippen molar-refractivity contribution >= 4 is 17.8 Å². The van der Waals surface area contributed by atoms with Crippen molar-refractivity contribution in [1.82, 2.24) is 20.9 Å². The van der Waals surface area contributed by atoms with Crippen molar-refractivity contribution in [3.05, 3.63) is 35.4 Å². The van der Waals surface area contributed by atoms with Crippen LogP contribution in [0.1, 0.15) is 60.9 Å². The molecule has 7 heteroatoms. The zero-order valence-electron chi connectivity index (χ0n) is 17.9. The fourth-order valence-electron chi connectivity index (χ4n) is 4.25. The predicted molar refractivity (Wildman–Crippen MR) is 116 cm³/mol. The average Bonchev–Trinajstić information content (AvgIpc) is 2.77. The first-order chi connectivity index (χ1) is 14.5. The van der Waals surface area contributed by atoms with Gasteiger partial charge in [0.25, 0.3) is 5.91 Å². The van der Waals surface area contributed by atoms with E-state index >= 15 is 0 Å². The summed E-state index contributed by atoms with van der Waals surface area (Å²) in [6.07, 6.45) is 7.21. The van der Waals surface area contributed by atoms with E-state index in [0.717, 1.165) is 31.2 Å². The largest absolute Gasteiger partial charge is 0.350 e. The molecule has 2 fully saturated rings. The van der Waals surface area contributed by atoms with E-state index in [0.29, 0.717) is 37.6 Å². The zero-order chi connectivity index (χ0) is 21.3. The summed E-state index contributed by atoms with van der Waals surface area (Å²) in [7, 11) is 0. The SMILES string of the molecule is Cc1ccc(C(=O)NCCNC(=O)NC2CCN(C(=O)C3CCCCC3)CC2)cc1. The molecule has 7 nitrogen and oxygen atoms in total. The number of amides is 4.